The molecule has 0 spiro atoms. The first-order valence-electron chi connectivity index (χ1n) is 7.06. The highest BCUT2D eigenvalue weighted by Crippen LogP contribution is 2.12. The summed E-state index contributed by atoms with van der Waals surface area (Å²) < 4.78 is 9.97. The predicted octanol–water partition coefficient (Wildman–Crippen LogP) is -0.323. The second-order valence-electron chi connectivity index (χ2n) is 5.49. The van der Waals surface area contributed by atoms with Crippen LogP contribution in [-0.4, -0.2) is 87.3 Å². The largest absolute Gasteiger partial charge is 0.481 e. The number of aliphatic carboxylic acids is 1. The SMILES string of the molecule is CN(C)CCOC(=O)CC(CC(=O)O)C(=O)OCCN(C)C. The van der Waals surface area contributed by atoms with E-state index in [-0.39, 0.29) is 19.6 Å². The zero-order valence-corrected chi connectivity index (χ0v) is 13.7. The van der Waals surface area contributed by atoms with Gasteiger partial charge in [-0.3, -0.25) is 14.4 Å². The Balaban J connectivity index is 4.34. The van der Waals surface area contributed by atoms with Gasteiger partial charge in [-0.1, -0.05) is 0 Å². The fourth-order valence-electron chi connectivity index (χ4n) is 1.50. The number of nitrogens with zero attached hydrogens (tertiary/aromatic N) is 2. The molecule has 0 aliphatic carbocycles. The van der Waals surface area contributed by atoms with E-state index in [1.54, 1.807) is 0 Å². The molecule has 0 aliphatic rings. The highest BCUT2D eigenvalue weighted by molar-refractivity contribution is 5.83. The molecule has 0 rings (SSSR count). The van der Waals surface area contributed by atoms with Crippen LogP contribution in [0.15, 0.2) is 0 Å². The summed E-state index contributed by atoms with van der Waals surface area (Å²) in [6, 6.07) is 0. The molecule has 0 saturated carbocycles. The van der Waals surface area contributed by atoms with E-state index in [0.717, 1.165) is 0 Å². The van der Waals surface area contributed by atoms with Gasteiger partial charge < -0.3 is 24.4 Å². The number of hydrogen-bond donors (Lipinski definition) is 1. The van der Waals surface area contributed by atoms with Gasteiger partial charge in [0, 0.05) is 13.1 Å². The van der Waals surface area contributed by atoms with E-state index in [2.05, 4.69) is 0 Å². The van der Waals surface area contributed by atoms with Crippen LogP contribution in [0.1, 0.15) is 12.8 Å². The normalized spacial score (nSPS) is 12.3. The fraction of sp³-hybridized carbons (Fsp3) is 0.786. The van der Waals surface area contributed by atoms with Crippen molar-refractivity contribution in [2.24, 2.45) is 5.92 Å². The Kier molecular flexibility index (Phi) is 10.1. The minimum absolute atomic E-state index is 0.150. The molecule has 0 aromatic carbocycles. The lowest BCUT2D eigenvalue weighted by Gasteiger charge is -2.16. The lowest BCUT2D eigenvalue weighted by molar-refractivity contribution is -0.158. The van der Waals surface area contributed by atoms with Gasteiger partial charge in [-0.25, -0.2) is 0 Å². The summed E-state index contributed by atoms with van der Waals surface area (Å²) in [6.07, 6.45) is -0.746. The lowest BCUT2D eigenvalue weighted by Crippen LogP contribution is -2.28. The van der Waals surface area contributed by atoms with E-state index in [0.29, 0.717) is 13.1 Å². The van der Waals surface area contributed by atoms with Gasteiger partial charge in [0.1, 0.15) is 13.2 Å². The molecule has 0 amide bonds. The van der Waals surface area contributed by atoms with Crippen LogP contribution in [0.4, 0.5) is 0 Å². The average molecular weight is 318 g/mol. The molecule has 0 bridgehead atoms. The number of carboxylic acid groups (broad SMARTS) is 1. The molecule has 1 atom stereocenters. The predicted molar refractivity (Wildman–Crippen MR) is 79.4 cm³/mol. The van der Waals surface area contributed by atoms with E-state index in [4.69, 9.17) is 14.6 Å². The second kappa shape index (κ2) is 11.0. The molecule has 0 aromatic heterocycles. The van der Waals surface area contributed by atoms with Crippen molar-refractivity contribution in [2.75, 3.05) is 54.5 Å². The molecule has 22 heavy (non-hydrogen) atoms. The maximum atomic E-state index is 11.9. The topological polar surface area (TPSA) is 96.4 Å². The Labute approximate surface area is 131 Å². The molecule has 0 heterocycles. The summed E-state index contributed by atoms with van der Waals surface area (Å²) in [5.41, 5.74) is 0. The number of ether oxygens (including phenoxy) is 2. The highest BCUT2D eigenvalue weighted by Gasteiger charge is 2.27. The minimum Gasteiger partial charge on any atom is -0.481 e. The summed E-state index contributed by atoms with van der Waals surface area (Å²) in [5, 5.41) is 8.83. The van der Waals surface area contributed by atoms with Crippen molar-refractivity contribution in [3.05, 3.63) is 0 Å². The number of rotatable bonds is 11. The van der Waals surface area contributed by atoms with Crippen molar-refractivity contribution in [1.82, 2.24) is 9.80 Å². The highest BCUT2D eigenvalue weighted by atomic mass is 16.5. The van der Waals surface area contributed by atoms with Crippen LogP contribution in [0, 0.1) is 5.92 Å². The first kappa shape index (κ1) is 20.3. The monoisotopic (exact) mass is 318 g/mol. The van der Waals surface area contributed by atoms with Crippen molar-refractivity contribution in [1.29, 1.82) is 0 Å². The van der Waals surface area contributed by atoms with Crippen molar-refractivity contribution in [2.45, 2.75) is 12.8 Å². The van der Waals surface area contributed by atoms with Crippen molar-refractivity contribution in [3.63, 3.8) is 0 Å². The third kappa shape index (κ3) is 11.0. The van der Waals surface area contributed by atoms with Gasteiger partial charge in [0.15, 0.2) is 0 Å². The Morgan fingerprint density at radius 1 is 0.909 bits per heavy atom. The van der Waals surface area contributed by atoms with Crippen LogP contribution < -0.4 is 0 Å². The third-order valence-corrected chi connectivity index (χ3v) is 2.75. The Morgan fingerprint density at radius 2 is 1.41 bits per heavy atom. The van der Waals surface area contributed by atoms with E-state index in [9.17, 15) is 14.4 Å². The Hall–Kier alpha value is -1.67. The zero-order valence-electron chi connectivity index (χ0n) is 13.7. The summed E-state index contributed by atoms with van der Waals surface area (Å²) in [4.78, 5) is 38.0. The molecule has 8 nitrogen and oxygen atoms in total. The van der Waals surface area contributed by atoms with Crippen LogP contribution >= 0.6 is 0 Å². The molecule has 0 fully saturated rings. The smallest absolute Gasteiger partial charge is 0.310 e. The van der Waals surface area contributed by atoms with Crippen molar-refractivity contribution in [3.8, 4) is 0 Å². The summed E-state index contributed by atoms with van der Waals surface area (Å²) in [7, 11) is 7.32. The van der Waals surface area contributed by atoms with Gasteiger partial charge in [0.05, 0.1) is 18.8 Å². The van der Waals surface area contributed by atoms with Gasteiger partial charge in [-0.2, -0.15) is 0 Å². The molecule has 0 aromatic rings. The molecule has 0 radical (unpaired) electrons. The molecule has 1 unspecified atom stereocenters. The van der Waals surface area contributed by atoms with Crippen molar-refractivity contribution >= 4 is 17.9 Å². The van der Waals surface area contributed by atoms with E-state index < -0.39 is 30.2 Å². The van der Waals surface area contributed by atoms with Crippen LogP contribution in [0.3, 0.4) is 0 Å². The van der Waals surface area contributed by atoms with Gasteiger partial charge in [-0.05, 0) is 28.2 Å². The van der Waals surface area contributed by atoms with E-state index in [1.807, 2.05) is 38.0 Å². The standard InChI is InChI=1S/C14H26N2O6/c1-15(2)5-7-21-13(19)10-11(9-12(17)18)14(20)22-8-6-16(3)4/h11H,5-10H2,1-4H3,(H,17,18). The first-order valence-corrected chi connectivity index (χ1v) is 7.06. The number of carboxylic acids is 1. The molecule has 0 aliphatic heterocycles. The Morgan fingerprint density at radius 3 is 1.86 bits per heavy atom. The van der Waals surface area contributed by atoms with Gasteiger partial charge in [-0.15, -0.1) is 0 Å². The third-order valence-electron chi connectivity index (χ3n) is 2.75. The molecular weight excluding hydrogens is 292 g/mol. The number of carbonyl (C=O) groups excluding carboxylic acids is 2. The maximum Gasteiger partial charge on any atom is 0.310 e. The summed E-state index contributed by atoms with van der Waals surface area (Å²) >= 11 is 0. The zero-order chi connectivity index (χ0) is 17.1. The van der Waals surface area contributed by atoms with E-state index >= 15 is 0 Å². The van der Waals surface area contributed by atoms with Gasteiger partial charge in [0.25, 0.3) is 0 Å². The van der Waals surface area contributed by atoms with Crippen LogP contribution in [0.2, 0.25) is 0 Å². The number of esters is 2. The second-order valence-corrected chi connectivity index (χ2v) is 5.49. The lowest BCUT2D eigenvalue weighted by atomic mass is 10.0. The molecule has 1 N–H and O–H groups in total. The van der Waals surface area contributed by atoms with Crippen LogP contribution in [0.5, 0.6) is 0 Å². The number of hydrogen-bond acceptors (Lipinski definition) is 7. The van der Waals surface area contributed by atoms with E-state index in [1.165, 1.54) is 0 Å². The average Bonchev–Trinajstić information content (AvgIpc) is 2.36. The molecule has 0 saturated heterocycles. The quantitative estimate of drug-likeness (QED) is 0.518. The molecule has 128 valence electrons. The van der Waals surface area contributed by atoms with Crippen LogP contribution in [-0.2, 0) is 23.9 Å². The number of carbonyl (C=O) groups is 3. The summed E-state index contributed by atoms with van der Waals surface area (Å²) in [5.74, 6) is -3.46. The van der Waals surface area contributed by atoms with Gasteiger partial charge >= 0.3 is 17.9 Å². The van der Waals surface area contributed by atoms with Crippen LogP contribution in [0.25, 0.3) is 0 Å². The van der Waals surface area contributed by atoms with Crippen molar-refractivity contribution < 1.29 is 29.0 Å². The molecule has 8 heteroatoms. The van der Waals surface area contributed by atoms with Gasteiger partial charge in [0.2, 0.25) is 0 Å². The first-order chi connectivity index (χ1) is 10.2. The fourth-order valence-corrected chi connectivity index (χ4v) is 1.50. The molecular formula is C14H26N2O6. The number of likely N-dealkylation sites (N-methyl/N-ethyl adjacent to an activating group) is 2. The Bertz CT molecular complexity index is 370. The maximum absolute atomic E-state index is 11.9. The minimum atomic E-state index is -1.16. The summed E-state index contributed by atoms with van der Waals surface area (Å²) in [6.45, 7) is 1.43.